The Balaban J connectivity index is 2.66. The molecule has 1 rings (SSSR count). The van der Waals surface area contributed by atoms with Gasteiger partial charge in [0, 0.05) is 12.5 Å². The average Bonchev–Trinajstić information content (AvgIpc) is 2.27. The lowest BCUT2D eigenvalue weighted by Crippen LogP contribution is -2.37. The number of nitrogens with two attached hydrogens (primary N) is 1. The molecule has 6 heteroatoms. The highest BCUT2D eigenvalue weighted by molar-refractivity contribution is 7.88. The standard InChI is InChI=1S/C12H18N2O2S2/c1-2-11(8-12(13)17)14-18(15,16)9-10-6-4-3-5-7-10/h3-7,11,14H,2,8-9H2,1H3,(H2,13,17). The van der Waals surface area contributed by atoms with Crippen LogP contribution in [0.15, 0.2) is 30.3 Å². The van der Waals surface area contributed by atoms with E-state index < -0.39 is 10.0 Å². The van der Waals surface area contributed by atoms with Crippen LogP contribution in [0.5, 0.6) is 0 Å². The first kappa shape index (κ1) is 15.1. The summed E-state index contributed by atoms with van der Waals surface area (Å²) in [4.78, 5) is 0.323. The maximum absolute atomic E-state index is 12.0. The molecule has 1 atom stereocenters. The zero-order valence-corrected chi connectivity index (χ0v) is 11.9. The van der Waals surface area contributed by atoms with Crippen molar-refractivity contribution in [2.75, 3.05) is 0 Å². The fourth-order valence-corrected chi connectivity index (χ4v) is 3.28. The summed E-state index contributed by atoms with van der Waals surface area (Å²) in [5.41, 5.74) is 6.20. The Hall–Kier alpha value is -0.980. The van der Waals surface area contributed by atoms with Crippen molar-refractivity contribution in [2.45, 2.75) is 31.6 Å². The third kappa shape index (κ3) is 5.57. The van der Waals surface area contributed by atoms with Crippen LogP contribution in [0.2, 0.25) is 0 Å². The van der Waals surface area contributed by atoms with Gasteiger partial charge < -0.3 is 5.73 Å². The Kier molecular flexibility index (Phi) is 5.71. The molecule has 0 amide bonds. The molecular formula is C12H18N2O2S2. The van der Waals surface area contributed by atoms with Crippen LogP contribution in [-0.4, -0.2) is 19.4 Å². The van der Waals surface area contributed by atoms with E-state index in [9.17, 15) is 8.42 Å². The molecule has 0 bridgehead atoms. The topological polar surface area (TPSA) is 72.2 Å². The van der Waals surface area contributed by atoms with Gasteiger partial charge in [0.15, 0.2) is 0 Å². The quantitative estimate of drug-likeness (QED) is 0.746. The molecular weight excluding hydrogens is 268 g/mol. The van der Waals surface area contributed by atoms with Crippen molar-refractivity contribution in [3.63, 3.8) is 0 Å². The van der Waals surface area contributed by atoms with Gasteiger partial charge in [0.25, 0.3) is 0 Å². The van der Waals surface area contributed by atoms with Crippen molar-refractivity contribution in [1.29, 1.82) is 0 Å². The van der Waals surface area contributed by atoms with Gasteiger partial charge in [0.1, 0.15) is 0 Å². The van der Waals surface area contributed by atoms with Crippen LogP contribution in [-0.2, 0) is 15.8 Å². The first-order valence-electron chi connectivity index (χ1n) is 5.75. The maximum Gasteiger partial charge on any atom is 0.216 e. The van der Waals surface area contributed by atoms with Crippen molar-refractivity contribution in [2.24, 2.45) is 5.73 Å². The summed E-state index contributed by atoms with van der Waals surface area (Å²) in [6.07, 6.45) is 1.05. The van der Waals surface area contributed by atoms with Crippen molar-refractivity contribution < 1.29 is 8.42 Å². The lowest BCUT2D eigenvalue weighted by Gasteiger charge is -2.16. The number of hydrogen-bond acceptors (Lipinski definition) is 3. The van der Waals surface area contributed by atoms with Gasteiger partial charge in [-0.15, -0.1) is 0 Å². The van der Waals surface area contributed by atoms with Crippen LogP contribution in [0.1, 0.15) is 25.3 Å². The molecule has 0 saturated carbocycles. The third-order valence-electron chi connectivity index (χ3n) is 2.49. The van der Waals surface area contributed by atoms with Crippen LogP contribution < -0.4 is 10.5 Å². The number of sulfonamides is 1. The van der Waals surface area contributed by atoms with E-state index in [4.69, 9.17) is 18.0 Å². The molecule has 0 aliphatic heterocycles. The SMILES string of the molecule is CCC(CC(N)=S)NS(=O)(=O)Cc1ccccc1. The van der Waals surface area contributed by atoms with E-state index in [0.717, 1.165) is 5.56 Å². The third-order valence-corrected chi connectivity index (χ3v) is 4.06. The van der Waals surface area contributed by atoms with Gasteiger partial charge in [0.05, 0.1) is 10.7 Å². The normalized spacial score (nSPS) is 13.2. The molecule has 4 nitrogen and oxygen atoms in total. The Labute approximate surface area is 114 Å². The summed E-state index contributed by atoms with van der Waals surface area (Å²) < 4.78 is 26.5. The van der Waals surface area contributed by atoms with Crippen LogP contribution in [0, 0.1) is 0 Å². The summed E-state index contributed by atoms with van der Waals surface area (Å²) in [6.45, 7) is 1.90. The summed E-state index contributed by atoms with van der Waals surface area (Å²) >= 11 is 4.80. The van der Waals surface area contributed by atoms with Crippen molar-refractivity contribution in [3.05, 3.63) is 35.9 Å². The summed E-state index contributed by atoms with van der Waals surface area (Å²) in [5.74, 6) is -0.0261. The molecule has 100 valence electrons. The maximum atomic E-state index is 12.0. The lowest BCUT2D eigenvalue weighted by molar-refractivity contribution is 0.545. The molecule has 0 spiro atoms. The fraction of sp³-hybridized carbons (Fsp3) is 0.417. The number of thiocarbonyl (C=S) groups is 1. The molecule has 0 saturated heterocycles. The Morgan fingerprint density at radius 3 is 2.50 bits per heavy atom. The summed E-state index contributed by atoms with van der Waals surface area (Å²) in [6, 6.07) is 8.83. The zero-order valence-electron chi connectivity index (χ0n) is 10.3. The van der Waals surface area contributed by atoms with E-state index in [-0.39, 0.29) is 11.8 Å². The molecule has 3 N–H and O–H groups in total. The predicted octanol–water partition coefficient (Wildman–Crippen LogP) is 1.56. The molecule has 0 aliphatic carbocycles. The molecule has 0 fully saturated rings. The molecule has 0 heterocycles. The van der Waals surface area contributed by atoms with Gasteiger partial charge in [-0.1, -0.05) is 49.5 Å². The summed E-state index contributed by atoms with van der Waals surface area (Å²) in [7, 11) is -3.36. The lowest BCUT2D eigenvalue weighted by atomic mass is 10.2. The largest absolute Gasteiger partial charge is 0.393 e. The summed E-state index contributed by atoms with van der Waals surface area (Å²) in [5, 5.41) is 0. The van der Waals surface area contributed by atoms with Crippen LogP contribution >= 0.6 is 12.2 Å². The Morgan fingerprint density at radius 2 is 2.00 bits per heavy atom. The first-order chi connectivity index (χ1) is 8.43. The molecule has 1 aromatic rings. The molecule has 1 unspecified atom stereocenters. The van der Waals surface area contributed by atoms with E-state index in [1.807, 2.05) is 25.1 Å². The molecule has 0 radical (unpaired) electrons. The van der Waals surface area contributed by atoms with Crippen molar-refractivity contribution >= 4 is 27.2 Å². The van der Waals surface area contributed by atoms with Crippen LogP contribution in [0.25, 0.3) is 0 Å². The zero-order chi connectivity index (χ0) is 13.6. The monoisotopic (exact) mass is 286 g/mol. The highest BCUT2D eigenvalue weighted by atomic mass is 32.2. The van der Waals surface area contributed by atoms with Gasteiger partial charge in [-0.25, -0.2) is 13.1 Å². The van der Waals surface area contributed by atoms with Crippen LogP contribution in [0.4, 0.5) is 0 Å². The molecule has 0 aromatic heterocycles. The number of benzene rings is 1. The number of nitrogens with one attached hydrogen (secondary N) is 1. The van der Waals surface area contributed by atoms with Gasteiger partial charge in [-0.2, -0.15) is 0 Å². The molecule has 18 heavy (non-hydrogen) atoms. The van der Waals surface area contributed by atoms with Gasteiger partial charge in [-0.3, -0.25) is 0 Å². The van der Waals surface area contributed by atoms with Gasteiger partial charge >= 0.3 is 0 Å². The highest BCUT2D eigenvalue weighted by Gasteiger charge is 2.17. The first-order valence-corrected chi connectivity index (χ1v) is 7.81. The second-order valence-electron chi connectivity index (χ2n) is 4.14. The molecule has 1 aromatic carbocycles. The van der Waals surface area contributed by atoms with Crippen molar-refractivity contribution in [3.8, 4) is 0 Å². The average molecular weight is 286 g/mol. The Morgan fingerprint density at radius 1 is 1.39 bits per heavy atom. The predicted molar refractivity (Wildman–Crippen MR) is 77.7 cm³/mol. The fourth-order valence-electron chi connectivity index (χ4n) is 1.60. The molecule has 0 aliphatic rings. The van der Waals surface area contributed by atoms with E-state index in [0.29, 0.717) is 17.8 Å². The van der Waals surface area contributed by atoms with Crippen molar-refractivity contribution in [1.82, 2.24) is 4.72 Å². The van der Waals surface area contributed by atoms with E-state index in [2.05, 4.69) is 4.72 Å². The van der Waals surface area contributed by atoms with E-state index in [1.165, 1.54) is 0 Å². The second-order valence-corrected chi connectivity index (χ2v) is 6.42. The van der Waals surface area contributed by atoms with Gasteiger partial charge in [0.2, 0.25) is 10.0 Å². The minimum atomic E-state index is -3.36. The smallest absolute Gasteiger partial charge is 0.216 e. The van der Waals surface area contributed by atoms with E-state index >= 15 is 0 Å². The Bertz CT molecular complexity index is 486. The highest BCUT2D eigenvalue weighted by Crippen LogP contribution is 2.07. The number of rotatable bonds is 7. The minimum Gasteiger partial charge on any atom is -0.393 e. The van der Waals surface area contributed by atoms with Crippen LogP contribution in [0.3, 0.4) is 0 Å². The number of hydrogen-bond donors (Lipinski definition) is 2. The van der Waals surface area contributed by atoms with E-state index in [1.54, 1.807) is 12.1 Å². The van der Waals surface area contributed by atoms with Gasteiger partial charge in [-0.05, 0) is 12.0 Å². The second kappa shape index (κ2) is 6.82. The minimum absolute atomic E-state index is 0.0261.